The van der Waals surface area contributed by atoms with Gasteiger partial charge in [-0.15, -0.1) is 10.2 Å². The van der Waals surface area contributed by atoms with Gasteiger partial charge in [-0.1, -0.05) is 24.3 Å². The zero-order chi connectivity index (χ0) is 22.0. The van der Waals surface area contributed by atoms with Gasteiger partial charge in [0, 0.05) is 37.9 Å². The summed E-state index contributed by atoms with van der Waals surface area (Å²) in [6.07, 6.45) is 1.96. The number of benzene rings is 1. The highest BCUT2D eigenvalue weighted by Gasteiger charge is 2.11. The van der Waals surface area contributed by atoms with Crippen molar-refractivity contribution < 1.29 is 9.47 Å². The number of nitrogens with one attached hydrogen (secondary N) is 2. The van der Waals surface area contributed by atoms with Crippen LogP contribution in [0.5, 0.6) is 5.75 Å². The Morgan fingerprint density at radius 1 is 1.09 bits per heavy atom. The highest BCUT2D eigenvalue weighted by Crippen LogP contribution is 2.19. The van der Waals surface area contributed by atoms with E-state index in [1.54, 1.807) is 0 Å². The van der Waals surface area contributed by atoms with E-state index in [4.69, 9.17) is 14.5 Å². The molecule has 1 aliphatic heterocycles. The standard InChI is InChI=1S/C23H31N7O2/c1-2-24-23(26-18-22-28-27-21-9-5-6-10-30(21)22)25-17-19-7-3-4-8-20(19)32-16-13-29-11-14-31-15-12-29/h3-10H,2,11-18H2,1H3,(H2,24,25,26). The van der Waals surface area contributed by atoms with Gasteiger partial charge in [0.05, 0.1) is 26.3 Å². The first-order chi connectivity index (χ1) is 15.8. The SMILES string of the molecule is CCNC(=NCc1ccccc1OCCN1CCOCC1)NCc1nnc2ccccn12. The van der Waals surface area contributed by atoms with Crippen LogP contribution in [0.2, 0.25) is 0 Å². The first kappa shape index (κ1) is 22.0. The van der Waals surface area contributed by atoms with Gasteiger partial charge in [-0.3, -0.25) is 9.30 Å². The van der Waals surface area contributed by atoms with Crippen molar-refractivity contribution in [2.75, 3.05) is 46.0 Å². The van der Waals surface area contributed by atoms with E-state index >= 15 is 0 Å². The molecule has 0 spiro atoms. The van der Waals surface area contributed by atoms with Crippen LogP contribution in [0.3, 0.4) is 0 Å². The van der Waals surface area contributed by atoms with Crippen LogP contribution in [-0.2, 0) is 17.8 Å². The van der Waals surface area contributed by atoms with Gasteiger partial charge in [0.15, 0.2) is 17.4 Å². The minimum absolute atomic E-state index is 0.518. The lowest BCUT2D eigenvalue weighted by Crippen LogP contribution is -2.38. The van der Waals surface area contributed by atoms with Crippen LogP contribution in [0.15, 0.2) is 53.7 Å². The minimum Gasteiger partial charge on any atom is -0.492 e. The lowest BCUT2D eigenvalue weighted by molar-refractivity contribution is 0.0322. The summed E-state index contributed by atoms with van der Waals surface area (Å²) in [5, 5.41) is 15.1. The number of hydrogen-bond acceptors (Lipinski definition) is 6. The molecule has 1 aliphatic rings. The lowest BCUT2D eigenvalue weighted by Gasteiger charge is -2.26. The number of pyridine rings is 1. The molecule has 2 N–H and O–H groups in total. The van der Waals surface area contributed by atoms with Crippen LogP contribution in [-0.4, -0.2) is 71.5 Å². The second-order valence-electron chi connectivity index (χ2n) is 7.50. The summed E-state index contributed by atoms with van der Waals surface area (Å²) in [7, 11) is 0. The van der Waals surface area contributed by atoms with Gasteiger partial charge in [0.2, 0.25) is 0 Å². The van der Waals surface area contributed by atoms with E-state index in [0.717, 1.165) is 68.1 Å². The molecule has 4 rings (SSSR count). The van der Waals surface area contributed by atoms with Gasteiger partial charge in [-0.05, 0) is 25.1 Å². The van der Waals surface area contributed by atoms with E-state index in [1.165, 1.54) is 0 Å². The Hall–Kier alpha value is -3.17. The monoisotopic (exact) mass is 437 g/mol. The molecule has 0 atom stereocenters. The van der Waals surface area contributed by atoms with Crippen LogP contribution in [0.25, 0.3) is 5.65 Å². The van der Waals surface area contributed by atoms with Crippen molar-refractivity contribution in [3.63, 3.8) is 0 Å². The number of para-hydroxylation sites is 1. The molecule has 1 fully saturated rings. The van der Waals surface area contributed by atoms with E-state index in [9.17, 15) is 0 Å². The fourth-order valence-corrected chi connectivity index (χ4v) is 3.56. The van der Waals surface area contributed by atoms with E-state index in [-0.39, 0.29) is 0 Å². The summed E-state index contributed by atoms with van der Waals surface area (Å²) in [4.78, 5) is 7.12. The summed E-state index contributed by atoms with van der Waals surface area (Å²) in [6.45, 7) is 8.94. The molecule has 0 bridgehead atoms. The van der Waals surface area contributed by atoms with Crippen molar-refractivity contribution >= 4 is 11.6 Å². The van der Waals surface area contributed by atoms with Gasteiger partial charge in [0.25, 0.3) is 0 Å². The molecule has 3 heterocycles. The number of ether oxygens (including phenoxy) is 2. The normalized spacial score (nSPS) is 15.1. The maximum absolute atomic E-state index is 6.09. The Kier molecular flexibility index (Phi) is 7.89. The zero-order valence-corrected chi connectivity index (χ0v) is 18.5. The van der Waals surface area contributed by atoms with E-state index in [2.05, 4.69) is 31.8 Å². The van der Waals surface area contributed by atoms with E-state index in [1.807, 2.05) is 53.9 Å². The molecule has 9 heteroatoms. The van der Waals surface area contributed by atoms with Crippen molar-refractivity contribution in [1.29, 1.82) is 0 Å². The van der Waals surface area contributed by atoms with Crippen LogP contribution >= 0.6 is 0 Å². The molecule has 0 aliphatic carbocycles. The predicted molar refractivity (Wildman–Crippen MR) is 124 cm³/mol. The molecular weight excluding hydrogens is 406 g/mol. The minimum atomic E-state index is 0.518. The smallest absolute Gasteiger partial charge is 0.191 e. The number of aliphatic imine (C=N–C) groups is 1. The van der Waals surface area contributed by atoms with E-state index < -0.39 is 0 Å². The maximum Gasteiger partial charge on any atom is 0.191 e. The highest BCUT2D eigenvalue weighted by molar-refractivity contribution is 5.79. The van der Waals surface area contributed by atoms with Crippen molar-refractivity contribution in [1.82, 2.24) is 30.1 Å². The first-order valence-corrected chi connectivity index (χ1v) is 11.1. The van der Waals surface area contributed by atoms with E-state index in [0.29, 0.717) is 19.7 Å². The molecule has 3 aromatic rings. The van der Waals surface area contributed by atoms with Crippen LogP contribution in [0.4, 0.5) is 0 Å². The number of morpholine rings is 1. The van der Waals surface area contributed by atoms with Gasteiger partial charge in [0.1, 0.15) is 12.4 Å². The second-order valence-corrected chi connectivity index (χ2v) is 7.50. The Morgan fingerprint density at radius 2 is 1.94 bits per heavy atom. The summed E-state index contributed by atoms with van der Waals surface area (Å²) in [6, 6.07) is 13.9. The summed E-state index contributed by atoms with van der Waals surface area (Å²) in [5.74, 6) is 2.44. The fourth-order valence-electron chi connectivity index (χ4n) is 3.56. The molecule has 0 radical (unpaired) electrons. The van der Waals surface area contributed by atoms with Gasteiger partial charge >= 0.3 is 0 Å². The van der Waals surface area contributed by atoms with Crippen molar-refractivity contribution in [2.24, 2.45) is 4.99 Å². The molecule has 0 saturated carbocycles. The molecule has 0 amide bonds. The quantitative estimate of drug-likeness (QED) is 0.389. The highest BCUT2D eigenvalue weighted by atomic mass is 16.5. The number of nitrogens with zero attached hydrogens (tertiary/aromatic N) is 5. The molecule has 32 heavy (non-hydrogen) atoms. The number of fused-ring (bicyclic) bond motifs is 1. The average molecular weight is 438 g/mol. The molecule has 2 aromatic heterocycles. The molecular formula is C23H31N7O2. The largest absolute Gasteiger partial charge is 0.492 e. The van der Waals surface area contributed by atoms with Gasteiger partial charge < -0.3 is 20.1 Å². The summed E-state index contributed by atoms with van der Waals surface area (Å²) in [5.41, 5.74) is 1.88. The number of rotatable bonds is 9. The van der Waals surface area contributed by atoms with Crippen molar-refractivity contribution in [3.05, 3.63) is 60.0 Å². The summed E-state index contributed by atoms with van der Waals surface area (Å²) < 4.78 is 13.5. The molecule has 0 unspecified atom stereocenters. The van der Waals surface area contributed by atoms with Gasteiger partial charge in [-0.25, -0.2) is 4.99 Å². The Bertz CT molecular complexity index is 1010. The Balaban J connectivity index is 1.35. The summed E-state index contributed by atoms with van der Waals surface area (Å²) >= 11 is 0. The Morgan fingerprint density at radius 3 is 2.81 bits per heavy atom. The second kappa shape index (κ2) is 11.4. The van der Waals surface area contributed by atoms with Crippen LogP contribution in [0.1, 0.15) is 18.3 Å². The van der Waals surface area contributed by atoms with Gasteiger partial charge in [-0.2, -0.15) is 0 Å². The number of guanidine groups is 1. The third kappa shape index (κ3) is 5.95. The predicted octanol–water partition coefficient (Wildman–Crippen LogP) is 1.70. The molecule has 170 valence electrons. The maximum atomic E-state index is 6.09. The molecule has 1 aromatic carbocycles. The molecule has 1 saturated heterocycles. The topological polar surface area (TPSA) is 88.3 Å². The third-order valence-corrected chi connectivity index (χ3v) is 5.29. The Labute approximate surface area is 188 Å². The number of aromatic nitrogens is 3. The lowest BCUT2D eigenvalue weighted by atomic mass is 10.2. The van der Waals surface area contributed by atoms with Crippen molar-refractivity contribution in [3.8, 4) is 5.75 Å². The zero-order valence-electron chi connectivity index (χ0n) is 18.5. The fraction of sp³-hybridized carbons (Fsp3) is 0.435. The average Bonchev–Trinajstić information content (AvgIpc) is 3.25. The third-order valence-electron chi connectivity index (χ3n) is 5.29. The number of hydrogen-bond donors (Lipinski definition) is 2. The van der Waals surface area contributed by atoms with Crippen LogP contribution < -0.4 is 15.4 Å². The molecule has 9 nitrogen and oxygen atoms in total. The first-order valence-electron chi connectivity index (χ1n) is 11.1. The van der Waals surface area contributed by atoms with Crippen LogP contribution in [0, 0.1) is 0 Å². The van der Waals surface area contributed by atoms with Crippen molar-refractivity contribution in [2.45, 2.75) is 20.0 Å².